The summed E-state index contributed by atoms with van der Waals surface area (Å²) < 4.78 is 22.7. The molecule has 0 fully saturated rings. The molecule has 0 heterocycles. The van der Waals surface area contributed by atoms with Gasteiger partial charge in [0.15, 0.2) is 0 Å². The molecule has 0 saturated heterocycles. The lowest BCUT2D eigenvalue weighted by atomic mass is 10.3. The molecule has 0 saturated carbocycles. The first-order valence-corrected chi connectivity index (χ1v) is 6.84. The highest BCUT2D eigenvalue weighted by Gasteiger charge is 2.31. The van der Waals surface area contributed by atoms with Crippen molar-refractivity contribution in [3.63, 3.8) is 0 Å². The van der Waals surface area contributed by atoms with E-state index in [0.29, 0.717) is 11.9 Å². The van der Waals surface area contributed by atoms with Crippen LogP contribution in [0.2, 0.25) is 0 Å². The first kappa shape index (κ1) is 14.4. The molecule has 6 nitrogen and oxygen atoms in total. The Morgan fingerprint density at radius 1 is 1.44 bits per heavy atom. The van der Waals surface area contributed by atoms with Crippen LogP contribution in [-0.2, 0) is 9.09 Å². The molecule has 0 bridgehead atoms. The molecule has 98 valence electrons. The quantitative estimate of drug-likeness (QED) is 0.450. The Bertz CT molecular complexity index is 485. The van der Waals surface area contributed by atoms with Crippen LogP contribution in [0.4, 0.5) is 0 Å². The highest BCUT2D eigenvalue weighted by atomic mass is 31.2. The van der Waals surface area contributed by atoms with Gasteiger partial charge in [0, 0.05) is 0 Å². The minimum atomic E-state index is -3.67. The van der Waals surface area contributed by atoms with Crippen LogP contribution in [0.5, 0.6) is 5.75 Å². The number of hydrogen-bond donors (Lipinski definition) is 0. The van der Waals surface area contributed by atoms with E-state index in [4.69, 9.17) is 9.05 Å². The Hall–Kier alpha value is -1.65. The maximum absolute atomic E-state index is 12.4. The number of para-hydroxylation sites is 1. The van der Waals surface area contributed by atoms with Gasteiger partial charge in [-0.1, -0.05) is 18.2 Å². The summed E-state index contributed by atoms with van der Waals surface area (Å²) in [7, 11) is -3.67. The number of rotatable bonds is 6. The van der Waals surface area contributed by atoms with E-state index in [1.54, 1.807) is 37.3 Å². The summed E-state index contributed by atoms with van der Waals surface area (Å²) in [5.74, 6) is 0.338. The van der Waals surface area contributed by atoms with Gasteiger partial charge in [0.2, 0.25) is 6.20 Å². The first-order valence-electron chi connectivity index (χ1n) is 5.29. The molecule has 7 heteroatoms. The van der Waals surface area contributed by atoms with Crippen LogP contribution in [0, 0.1) is 10.1 Å². The normalized spacial score (nSPS) is 14.9. The third kappa shape index (κ3) is 3.98. The van der Waals surface area contributed by atoms with Crippen molar-refractivity contribution in [1.82, 2.24) is 0 Å². The number of allylic oxidation sites excluding steroid dienone is 1. The monoisotopic (exact) mass is 271 g/mol. The summed E-state index contributed by atoms with van der Waals surface area (Å²) in [6.45, 7) is 3.12. The van der Waals surface area contributed by atoms with Crippen molar-refractivity contribution < 1.29 is 18.5 Å². The van der Waals surface area contributed by atoms with E-state index < -0.39 is 12.5 Å². The lowest BCUT2D eigenvalue weighted by molar-refractivity contribution is -0.403. The lowest BCUT2D eigenvalue weighted by Crippen LogP contribution is -2.01. The van der Waals surface area contributed by atoms with Gasteiger partial charge in [-0.05, 0) is 26.0 Å². The van der Waals surface area contributed by atoms with Crippen LogP contribution < -0.4 is 4.52 Å². The fourth-order valence-electron chi connectivity index (χ4n) is 1.21. The molecule has 0 radical (unpaired) electrons. The lowest BCUT2D eigenvalue weighted by Gasteiger charge is -2.17. The zero-order chi connectivity index (χ0) is 13.6. The minimum absolute atomic E-state index is 0.0433. The van der Waals surface area contributed by atoms with Crippen molar-refractivity contribution in [2.75, 3.05) is 6.61 Å². The maximum atomic E-state index is 12.4. The van der Waals surface area contributed by atoms with E-state index in [2.05, 4.69) is 0 Å². The van der Waals surface area contributed by atoms with Gasteiger partial charge >= 0.3 is 7.60 Å². The molecule has 1 rings (SSSR count). The van der Waals surface area contributed by atoms with E-state index in [1.807, 2.05) is 0 Å². The summed E-state index contributed by atoms with van der Waals surface area (Å²) in [5.41, 5.74) is 0. The zero-order valence-corrected chi connectivity index (χ0v) is 11.0. The molecule has 0 amide bonds. The van der Waals surface area contributed by atoms with Crippen LogP contribution in [0.1, 0.15) is 13.8 Å². The SMILES string of the molecule is CCOP(=O)(Oc1ccccc1)/C(C)=C/[N+](=O)[O-]. The second-order valence-corrected chi connectivity index (χ2v) is 5.52. The van der Waals surface area contributed by atoms with Crippen LogP contribution in [0.15, 0.2) is 41.8 Å². The largest absolute Gasteiger partial charge is 0.421 e. The molecule has 1 atom stereocenters. The summed E-state index contributed by atoms with van der Waals surface area (Å²) in [4.78, 5) is 9.72. The third-order valence-electron chi connectivity index (χ3n) is 1.99. The predicted molar refractivity (Wildman–Crippen MR) is 67.1 cm³/mol. The average molecular weight is 271 g/mol. The summed E-state index contributed by atoms with van der Waals surface area (Å²) in [5, 5.41) is 10.4. The van der Waals surface area contributed by atoms with Crippen LogP contribution in [0.25, 0.3) is 0 Å². The Morgan fingerprint density at radius 3 is 2.56 bits per heavy atom. The van der Waals surface area contributed by atoms with Gasteiger partial charge in [0.1, 0.15) is 11.1 Å². The van der Waals surface area contributed by atoms with E-state index in [9.17, 15) is 14.7 Å². The topological polar surface area (TPSA) is 78.7 Å². The molecular weight excluding hydrogens is 257 g/mol. The van der Waals surface area contributed by atoms with Gasteiger partial charge in [-0.2, -0.15) is 0 Å². The molecule has 0 spiro atoms. The van der Waals surface area contributed by atoms with Gasteiger partial charge in [-0.25, -0.2) is 4.57 Å². The second-order valence-electron chi connectivity index (χ2n) is 3.38. The molecule has 1 aromatic rings. The molecule has 1 unspecified atom stereocenters. The smallest absolute Gasteiger partial charge is 0.412 e. The maximum Gasteiger partial charge on any atom is 0.412 e. The van der Waals surface area contributed by atoms with Crippen LogP contribution >= 0.6 is 7.60 Å². The van der Waals surface area contributed by atoms with Gasteiger partial charge in [-0.15, -0.1) is 0 Å². The van der Waals surface area contributed by atoms with E-state index in [1.165, 1.54) is 6.92 Å². The molecule has 0 aromatic heterocycles. The first-order chi connectivity index (χ1) is 8.48. The van der Waals surface area contributed by atoms with Gasteiger partial charge in [0.25, 0.3) is 0 Å². The Kier molecular flexibility index (Phi) is 5.07. The molecule has 1 aromatic carbocycles. The molecule has 0 N–H and O–H groups in total. The van der Waals surface area contributed by atoms with E-state index in [-0.39, 0.29) is 11.9 Å². The van der Waals surface area contributed by atoms with Crippen molar-refractivity contribution in [2.45, 2.75) is 13.8 Å². The van der Waals surface area contributed by atoms with Crippen LogP contribution in [-0.4, -0.2) is 11.5 Å². The van der Waals surface area contributed by atoms with Crippen molar-refractivity contribution in [2.24, 2.45) is 0 Å². The molecule has 0 aliphatic heterocycles. The Balaban J connectivity index is 3.01. The second kappa shape index (κ2) is 6.33. The summed E-state index contributed by atoms with van der Waals surface area (Å²) in [6.07, 6.45) is 0.638. The fraction of sp³-hybridized carbons (Fsp3) is 0.273. The van der Waals surface area contributed by atoms with Gasteiger partial charge in [0.05, 0.1) is 11.5 Å². The van der Waals surface area contributed by atoms with Gasteiger partial charge in [-0.3, -0.25) is 14.6 Å². The van der Waals surface area contributed by atoms with Crippen molar-refractivity contribution in [3.8, 4) is 5.75 Å². The highest BCUT2D eigenvalue weighted by Crippen LogP contribution is 2.55. The predicted octanol–water partition coefficient (Wildman–Crippen LogP) is 3.43. The number of hydrogen-bond acceptors (Lipinski definition) is 5. The van der Waals surface area contributed by atoms with Crippen molar-refractivity contribution in [1.29, 1.82) is 0 Å². The van der Waals surface area contributed by atoms with Crippen LogP contribution in [0.3, 0.4) is 0 Å². The summed E-state index contributed by atoms with van der Waals surface area (Å²) >= 11 is 0. The number of nitrogens with zero attached hydrogens (tertiary/aromatic N) is 1. The Morgan fingerprint density at radius 2 is 2.06 bits per heavy atom. The Labute approximate surface area is 105 Å². The van der Waals surface area contributed by atoms with E-state index in [0.717, 1.165) is 0 Å². The minimum Gasteiger partial charge on any atom is -0.421 e. The third-order valence-corrected chi connectivity index (χ3v) is 4.02. The van der Waals surface area contributed by atoms with E-state index >= 15 is 0 Å². The molecule has 0 aliphatic rings. The van der Waals surface area contributed by atoms with Crippen molar-refractivity contribution >= 4 is 7.60 Å². The van der Waals surface area contributed by atoms with Crippen molar-refractivity contribution in [3.05, 3.63) is 52.0 Å². The highest BCUT2D eigenvalue weighted by molar-refractivity contribution is 7.58. The molecule has 18 heavy (non-hydrogen) atoms. The molecule has 0 aliphatic carbocycles. The average Bonchev–Trinajstić information content (AvgIpc) is 2.29. The number of nitro groups is 1. The molecular formula is C11H14NO5P. The fourth-order valence-corrected chi connectivity index (χ4v) is 2.59. The summed E-state index contributed by atoms with van der Waals surface area (Å²) in [6, 6.07) is 8.39. The number of benzene rings is 1. The van der Waals surface area contributed by atoms with Gasteiger partial charge < -0.3 is 4.52 Å². The zero-order valence-electron chi connectivity index (χ0n) is 10.1. The standard InChI is InChI=1S/C11H14NO5P/c1-3-16-18(15,10(2)9-12(13)14)17-11-7-5-4-6-8-11/h4-9H,3H2,1-2H3/b10-9+.